The Bertz CT molecular complexity index is 676. The van der Waals surface area contributed by atoms with Gasteiger partial charge in [0.2, 0.25) is 5.91 Å². The zero-order valence-electron chi connectivity index (χ0n) is 16.2. The molecule has 9 heteroatoms. The van der Waals surface area contributed by atoms with Crippen molar-refractivity contribution >= 4 is 11.7 Å². The van der Waals surface area contributed by atoms with Crippen LogP contribution in [0.25, 0.3) is 0 Å². The number of hydrogen-bond donors (Lipinski definition) is 1. The van der Waals surface area contributed by atoms with Crippen LogP contribution in [0, 0.1) is 11.8 Å². The van der Waals surface area contributed by atoms with Crippen molar-refractivity contribution in [2.45, 2.75) is 57.3 Å². The number of nitrogens with two attached hydrogens (primary N) is 1. The van der Waals surface area contributed by atoms with Gasteiger partial charge in [-0.1, -0.05) is 0 Å². The molecule has 1 atom stereocenters. The van der Waals surface area contributed by atoms with Crippen LogP contribution < -0.4 is 5.73 Å². The molecular formula is C19H28F3N5O. The number of likely N-dealkylation sites (N-methyl/N-ethyl adjacent to an activating group) is 1. The van der Waals surface area contributed by atoms with E-state index in [0.717, 1.165) is 6.42 Å². The number of amides is 1. The van der Waals surface area contributed by atoms with E-state index in [1.807, 2.05) is 11.9 Å². The lowest BCUT2D eigenvalue weighted by molar-refractivity contribution is -0.184. The molecule has 1 saturated heterocycles. The third-order valence-electron chi connectivity index (χ3n) is 6.03. The zero-order valence-corrected chi connectivity index (χ0v) is 16.2. The third kappa shape index (κ3) is 5.33. The monoisotopic (exact) mass is 399 g/mol. The molecule has 1 aromatic rings. The number of carbonyl (C=O) groups excluding carboxylic acids is 1. The molecule has 2 aliphatic rings. The molecule has 0 bridgehead atoms. The van der Waals surface area contributed by atoms with Crippen molar-refractivity contribution in [2.75, 3.05) is 25.9 Å². The van der Waals surface area contributed by atoms with Crippen LogP contribution in [0.4, 0.5) is 19.0 Å². The lowest BCUT2D eigenvalue weighted by Crippen LogP contribution is -2.37. The van der Waals surface area contributed by atoms with Gasteiger partial charge in [0.25, 0.3) is 0 Å². The highest BCUT2D eigenvalue weighted by molar-refractivity contribution is 5.76. The summed E-state index contributed by atoms with van der Waals surface area (Å²) in [5.74, 6) is 0.0172. The summed E-state index contributed by atoms with van der Waals surface area (Å²) in [5.41, 5.74) is 5.69. The summed E-state index contributed by atoms with van der Waals surface area (Å²) in [5, 5.41) is 0. The van der Waals surface area contributed by atoms with Crippen molar-refractivity contribution in [3.05, 3.63) is 18.1 Å². The van der Waals surface area contributed by atoms with Crippen LogP contribution in [-0.4, -0.2) is 58.0 Å². The van der Waals surface area contributed by atoms with Gasteiger partial charge < -0.3 is 10.6 Å². The molecule has 2 heterocycles. The van der Waals surface area contributed by atoms with Gasteiger partial charge in [0, 0.05) is 31.7 Å². The second-order valence-corrected chi connectivity index (χ2v) is 8.06. The molecule has 28 heavy (non-hydrogen) atoms. The maximum atomic E-state index is 12.8. The fraction of sp³-hybridized carbons (Fsp3) is 0.737. The lowest BCUT2D eigenvalue weighted by Gasteiger charge is -2.30. The first kappa shape index (κ1) is 20.8. The van der Waals surface area contributed by atoms with E-state index in [9.17, 15) is 18.0 Å². The van der Waals surface area contributed by atoms with Gasteiger partial charge >= 0.3 is 6.18 Å². The summed E-state index contributed by atoms with van der Waals surface area (Å²) < 4.78 is 38.3. The van der Waals surface area contributed by atoms with Gasteiger partial charge in [-0.15, -0.1) is 0 Å². The van der Waals surface area contributed by atoms with Crippen LogP contribution in [0.2, 0.25) is 0 Å². The predicted octanol–water partition coefficient (Wildman–Crippen LogP) is 2.85. The van der Waals surface area contributed by atoms with E-state index in [1.165, 1.54) is 0 Å². The van der Waals surface area contributed by atoms with Gasteiger partial charge in [-0.3, -0.25) is 9.69 Å². The second-order valence-electron chi connectivity index (χ2n) is 8.06. The first-order valence-electron chi connectivity index (χ1n) is 9.84. The first-order chi connectivity index (χ1) is 13.2. The van der Waals surface area contributed by atoms with E-state index >= 15 is 0 Å². The van der Waals surface area contributed by atoms with Gasteiger partial charge in [-0.2, -0.15) is 13.2 Å². The van der Waals surface area contributed by atoms with Crippen LogP contribution >= 0.6 is 0 Å². The number of anilines is 1. The summed E-state index contributed by atoms with van der Waals surface area (Å²) in [6.07, 6.45) is 0.0167. The van der Waals surface area contributed by atoms with Crippen LogP contribution in [0.15, 0.2) is 12.3 Å². The summed E-state index contributed by atoms with van der Waals surface area (Å²) in [6.45, 7) is 1.87. The van der Waals surface area contributed by atoms with Gasteiger partial charge in [0.1, 0.15) is 11.6 Å². The third-order valence-corrected chi connectivity index (χ3v) is 6.03. The van der Waals surface area contributed by atoms with Crippen molar-refractivity contribution < 1.29 is 18.0 Å². The highest BCUT2D eigenvalue weighted by Gasteiger charge is 2.42. The van der Waals surface area contributed by atoms with Gasteiger partial charge in [0.05, 0.1) is 12.5 Å². The highest BCUT2D eigenvalue weighted by Crippen LogP contribution is 2.40. The van der Waals surface area contributed by atoms with Crippen molar-refractivity contribution in [3.8, 4) is 0 Å². The smallest absolute Gasteiger partial charge is 0.384 e. The summed E-state index contributed by atoms with van der Waals surface area (Å²) in [7, 11) is 1.98. The van der Waals surface area contributed by atoms with Gasteiger partial charge in [-0.05, 0) is 51.1 Å². The number of halogens is 3. The molecule has 1 aliphatic carbocycles. The van der Waals surface area contributed by atoms with Crippen LogP contribution in [-0.2, 0) is 11.3 Å². The molecule has 1 aromatic heterocycles. The number of nitrogen functional groups attached to an aromatic ring is 1. The average molecular weight is 399 g/mol. The molecule has 0 aromatic carbocycles. The molecule has 6 nitrogen and oxygen atoms in total. The molecule has 2 N–H and O–H groups in total. The largest absolute Gasteiger partial charge is 0.391 e. The van der Waals surface area contributed by atoms with Crippen LogP contribution in [0.5, 0.6) is 0 Å². The summed E-state index contributed by atoms with van der Waals surface area (Å²) in [4.78, 5) is 25.0. The fourth-order valence-corrected chi connectivity index (χ4v) is 4.24. The Labute approximate surface area is 163 Å². The quantitative estimate of drug-likeness (QED) is 0.824. The highest BCUT2D eigenvalue weighted by atomic mass is 19.4. The molecule has 1 amide bonds. The minimum absolute atomic E-state index is 0.0616. The Morgan fingerprint density at radius 2 is 2.00 bits per heavy atom. The summed E-state index contributed by atoms with van der Waals surface area (Å²) in [6, 6.07) is 1.86. The topological polar surface area (TPSA) is 75.4 Å². The molecule has 1 aliphatic heterocycles. The molecule has 156 valence electrons. The molecule has 1 unspecified atom stereocenters. The van der Waals surface area contributed by atoms with Crippen LogP contribution in [0.1, 0.15) is 44.3 Å². The maximum absolute atomic E-state index is 12.8. The number of nitrogens with zero attached hydrogens (tertiary/aromatic N) is 4. The van der Waals surface area contributed by atoms with Crippen molar-refractivity contribution in [1.29, 1.82) is 0 Å². The predicted molar refractivity (Wildman–Crippen MR) is 99.0 cm³/mol. The van der Waals surface area contributed by atoms with Crippen molar-refractivity contribution in [3.63, 3.8) is 0 Å². The van der Waals surface area contributed by atoms with E-state index < -0.39 is 12.1 Å². The van der Waals surface area contributed by atoms with E-state index in [2.05, 4.69) is 14.9 Å². The van der Waals surface area contributed by atoms with Crippen molar-refractivity contribution in [1.82, 2.24) is 19.8 Å². The normalized spacial score (nSPS) is 26.0. The fourth-order valence-electron chi connectivity index (χ4n) is 4.24. The number of likely N-dealkylation sites (tertiary alicyclic amines) is 1. The van der Waals surface area contributed by atoms with Gasteiger partial charge in [0.15, 0.2) is 0 Å². The van der Waals surface area contributed by atoms with E-state index in [-0.39, 0.29) is 30.7 Å². The minimum atomic E-state index is -4.10. The van der Waals surface area contributed by atoms with Gasteiger partial charge in [-0.25, -0.2) is 9.97 Å². The standard InChI is InChI=1S/C19H28F3N5O/c1-26(12-17-24-8-6-16(23)25-17)15-7-9-27(11-15)18(28)10-13-2-4-14(5-3-13)19(20,21)22/h6,8,13-15H,2-5,7,9-12H2,1H3,(H2,23,24,25). The first-order valence-corrected chi connectivity index (χ1v) is 9.84. The number of hydrogen-bond acceptors (Lipinski definition) is 5. The molecule has 2 fully saturated rings. The van der Waals surface area contributed by atoms with Crippen molar-refractivity contribution in [2.24, 2.45) is 11.8 Å². The number of alkyl halides is 3. The molecular weight excluding hydrogens is 371 g/mol. The Morgan fingerprint density at radius 3 is 2.64 bits per heavy atom. The molecule has 0 spiro atoms. The number of aromatic nitrogens is 2. The lowest BCUT2D eigenvalue weighted by atomic mass is 9.80. The molecule has 1 saturated carbocycles. The Balaban J connectivity index is 1.44. The number of rotatable bonds is 5. The Morgan fingerprint density at radius 1 is 1.29 bits per heavy atom. The Hall–Kier alpha value is -1.90. The average Bonchev–Trinajstić information content (AvgIpc) is 3.12. The second kappa shape index (κ2) is 8.63. The van der Waals surface area contributed by atoms with E-state index in [0.29, 0.717) is 50.5 Å². The number of carbonyl (C=O) groups is 1. The summed E-state index contributed by atoms with van der Waals surface area (Å²) >= 11 is 0. The SMILES string of the molecule is CN(Cc1nccc(N)n1)C1CCN(C(=O)CC2CCC(C(F)(F)F)CC2)C1. The zero-order chi connectivity index (χ0) is 20.3. The Kier molecular flexibility index (Phi) is 6.42. The van der Waals surface area contributed by atoms with Crippen LogP contribution in [0.3, 0.4) is 0 Å². The van der Waals surface area contributed by atoms with E-state index in [4.69, 9.17) is 5.73 Å². The maximum Gasteiger partial charge on any atom is 0.391 e. The van der Waals surface area contributed by atoms with E-state index in [1.54, 1.807) is 12.3 Å². The molecule has 0 radical (unpaired) electrons. The minimum Gasteiger partial charge on any atom is -0.384 e. The molecule has 3 rings (SSSR count).